The van der Waals surface area contributed by atoms with Crippen molar-refractivity contribution in [1.29, 1.82) is 0 Å². The first-order valence-corrected chi connectivity index (χ1v) is 6.33. The van der Waals surface area contributed by atoms with Crippen molar-refractivity contribution in [3.05, 3.63) is 70.0 Å². The summed E-state index contributed by atoms with van der Waals surface area (Å²) in [6, 6.07) is 11.0. The Morgan fingerprint density at radius 2 is 1.53 bits per heavy atom. The van der Waals surface area contributed by atoms with E-state index in [1.165, 1.54) is 5.56 Å². The van der Waals surface area contributed by atoms with Gasteiger partial charge in [-0.15, -0.1) is 0 Å². The minimum Gasteiger partial charge on any atom is -0.271 e. The molecular formula is C16H19FN2. The van der Waals surface area contributed by atoms with E-state index in [9.17, 15) is 4.39 Å². The van der Waals surface area contributed by atoms with Gasteiger partial charge >= 0.3 is 0 Å². The fourth-order valence-electron chi connectivity index (χ4n) is 2.33. The van der Waals surface area contributed by atoms with Crippen LogP contribution in [0.5, 0.6) is 0 Å². The second-order valence-corrected chi connectivity index (χ2v) is 4.87. The molecule has 2 nitrogen and oxygen atoms in total. The van der Waals surface area contributed by atoms with Crippen molar-refractivity contribution in [2.24, 2.45) is 5.84 Å². The molecule has 0 saturated heterocycles. The summed E-state index contributed by atoms with van der Waals surface area (Å²) < 4.78 is 14.3. The van der Waals surface area contributed by atoms with Gasteiger partial charge < -0.3 is 0 Å². The summed E-state index contributed by atoms with van der Waals surface area (Å²) in [5.41, 5.74) is 7.25. The fraction of sp³-hybridized carbons (Fsp3) is 0.250. The van der Waals surface area contributed by atoms with Crippen molar-refractivity contribution < 1.29 is 4.39 Å². The Bertz CT molecular complexity index is 542. The SMILES string of the molecule is Cc1cccc(C(NN)c2cccc(C)c2F)c1C. The van der Waals surface area contributed by atoms with Gasteiger partial charge in [-0.1, -0.05) is 36.4 Å². The third-order valence-electron chi connectivity index (χ3n) is 3.66. The predicted molar refractivity (Wildman–Crippen MR) is 76.2 cm³/mol. The third kappa shape index (κ3) is 2.53. The molecule has 3 heteroatoms. The van der Waals surface area contributed by atoms with Crippen LogP contribution in [0.25, 0.3) is 0 Å². The number of nitrogens with one attached hydrogen (secondary N) is 1. The van der Waals surface area contributed by atoms with Gasteiger partial charge in [0.2, 0.25) is 0 Å². The number of rotatable bonds is 3. The Hall–Kier alpha value is -1.71. The monoisotopic (exact) mass is 258 g/mol. The van der Waals surface area contributed by atoms with E-state index in [1.807, 2.05) is 38.1 Å². The molecule has 2 aromatic carbocycles. The highest BCUT2D eigenvalue weighted by Gasteiger charge is 2.19. The zero-order chi connectivity index (χ0) is 14.0. The Balaban J connectivity index is 2.57. The summed E-state index contributed by atoms with van der Waals surface area (Å²) in [6.07, 6.45) is 0. The van der Waals surface area contributed by atoms with Crippen LogP contribution >= 0.6 is 0 Å². The number of aryl methyl sites for hydroxylation is 2. The average Bonchev–Trinajstić information content (AvgIpc) is 2.40. The number of hydrogen-bond acceptors (Lipinski definition) is 2. The van der Waals surface area contributed by atoms with E-state index < -0.39 is 0 Å². The fourth-order valence-corrected chi connectivity index (χ4v) is 2.33. The highest BCUT2D eigenvalue weighted by atomic mass is 19.1. The second kappa shape index (κ2) is 5.51. The largest absolute Gasteiger partial charge is 0.271 e. The van der Waals surface area contributed by atoms with E-state index in [-0.39, 0.29) is 11.9 Å². The lowest BCUT2D eigenvalue weighted by Gasteiger charge is -2.21. The zero-order valence-corrected chi connectivity index (χ0v) is 11.5. The predicted octanol–water partition coefficient (Wildman–Crippen LogP) is 3.30. The van der Waals surface area contributed by atoms with Crippen molar-refractivity contribution in [2.45, 2.75) is 26.8 Å². The first kappa shape index (κ1) is 13.7. The zero-order valence-electron chi connectivity index (χ0n) is 11.5. The summed E-state index contributed by atoms with van der Waals surface area (Å²) >= 11 is 0. The molecule has 3 N–H and O–H groups in total. The van der Waals surface area contributed by atoms with Gasteiger partial charge in [0.25, 0.3) is 0 Å². The van der Waals surface area contributed by atoms with Crippen LogP contribution in [0, 0.1) is 26.6 Å². The molecule has 0 aromatic heterocycles. The molecule has 0 aliphatic rings. The van der Waals surface area contributed by atoms with Gasteiger partial charge in [-0.2, -0.15) is 0 Å². The van der Waals surface area contributed by atoms with Crippen LogP contribution in [-0.2, 0) is 0 Å². The van der Waals surface area contributed by atoms with Crippen LogP contribution in [-0.4, -0.2) is 0 Å². The van der Waals surface area contributed by atoms with Gasteiger partial charge in [-0.05, 0) is 43.0 Å². The van der Waals surface area contributed by atoms with Crippen molar-refractivity contribution >= 4 is 0 Å². The van der Waals surface area contributed by atoms with Crippen molar-refractivity contribution in [2.75, 3.05) is 0 Å². The van der Waals surface area contributed by atoms with E-state index in [0.717, 1.165) is 11.1 Å². The van der Waals surface area contributed by atoms with Gasteiger partial charge in [0.05, 0.1) is 6.04 Å². The Kier molecular flexibility index (Phi) is 3.98. The van der Waals surface area contributed by atoms with E-state index >= 15 is 0 Å². The average molecular weight is 258 g/mol. The van der Waals surface area contributed by atoms with Crippen LogP contribution in [0.4, 0.5) is 4.39 Å². The van der Waals surface area contributed by atoms with Gasteiger partial charge in [-0.25, -0.2) is 9.82 Å². The molecule has 0 bridgehead atoms. The van der Waals surface area contributed by atoms with E-state index in [2.05, 4.69) is 5.43 Å². The highest BCUT2D eigenvalue weighted by molar-refractivity contribution is 5.41. The molecule has 0 radical (unpaired) electrons. The number of nitrogens with two attached hydrogens (primary N) is 1. The second-order valence-electron chi connectivity index (χ2n) is 4.87. The van der Waals surface area contributed by atoms with Crippen LogP contribution in [0.1, 0.15) is 33.9 Å². The van der Waals surface area contributed by atoms with Gasteiger partial charge in [0.1, 0.15) is 5.82 Å². The topological polar surface area (TPSA) is 38.0 Å². The highest BCUT2D eigenvalue weighted by Crippen LogP contribution is 2.28. The molecule has 0 fully saturated rings. The molecule has 2 aromatic rings. The minimum atomic E-state index is -0.334. The number of hydrogen-bond donors (Lipinski definition) is 2. The first-order chi connectivity index (χ1) is 9.06. The third-order valence-corrected chi connectivity index (χ3v) is 3.66. The van der Waals surface area contributed by atoms with Gasteiger partial charge in [0, 0.05) is 5.56 Å². The Morgan fingerprint density at radius 1 is 0.947 bits per heavy atom. The molecule has 0 aliphatic heterocycles. The lowest BCUT2D eigenvalue weighted by molar-refractivity contribution is 0.553. The summed E-state index contributed by atoms with van der Waals surface area (Å²) in [5.74, 6) is 5.46. The normalized spacial score (nSPS) is 12.5. The molecule has 0 heterocycles. The summed E-state index contributed by atoms with van der Waals surface area (Å²) in [6.45, 7) is 5.83. The summed E-state index contributed by atoms with van der Waals surface area (Å²) in [7, 11) is 0. The van der Waals surface area contributed by atoms with Crippen LogP contribution in [0.2, 0.25) is 0 Å². The standard InChI is InChI=1S/C16H19FN2/c1-10-6-4-8-13(12(10)3)16(19-18)14-9-5-7-11(2)15(14)17/h4-9,16,19H,18H2,1-3H3. The molecule has 0 amide bonds. The smallest absolute Gasteiger partial charge is 0.131 e. The molecule has 2 rings (SSSR count). The van der Waals surface area contributed by atoms with Crippen molar-refractivity contribution in [3.8, 4) is 0 Å². The van der Waals surface area contributed by atoms with E-state index in [1.54, 1.807) is 19.1 Å². The van der Waals surface area contributed by atoms with Crippen LogP contribution in [0.3, 0.4) is 0 Å². The molecule has 0 spiro atoms. The maximum atomic E-state index is 14.3. The van der Waals surface area contributed by atoms with Gasteiger partial charge in [0.15, 0.2) is 0 Å². The van der Waals surface area contributed by atoms with Crippen molar-refractivity contribution in [1.82, 2.24) is 5.43 Å². The lowest BCUT2D eigenvalue weighted by Crippen LogP contribution is -2.30. The van der Waals surface area contributed by atoms with Crippen LogP contribution < -0.4 is 11.3 Å². The van der Waals surface area contributed by atoms with Gasteiger partial charge in [-0.3, -0.25) is 5.84 Å². The first-order valence-electron chi connectivity index (χ1n) is 6.33. The molecule has 100 valence electrons. The van der Waals surface area contributed by atoms with E-state index in [0.29, 0.717) is 11.1 Å². The lowest BCUT2D eigenvalue weighted by atomic mass is 9.92. The molecule has 0 saturated carbocycles. The maximum absolute atomic E-state index is 14.3. The Labute approximate surface area is 113 Å². The Morgan fingerprint density at radius 3 is 2.16 bits per heavy atom. The number of halogens is 1. The molecular weight excluding hydrogens is 239 g/mol. The molecule has 0 aliphatic carbocycles. The quantitative estimate of drug-likeness (QED) is 0.655. The van der Waals surface area contributed by atoms with E-state index in [4.69, 9.17) is 5.84 Å². The minimum absolute atomic E-state index is 0.202. The molecule has 19 heavy (non-hydrogen) atoms. The maximum Gasteiger partial charge on any atom is 0.131 e. The summed E-state index contributed by atoms with van der Waals surface area (Å²) in [5, 5.41) is 0. The van der Waals surface area contributed by atoms with Crippen molar-refractivity contribution in [3.63, 3.8) is 0 Å². The number of hydrazine groups is 1. The summed E-state index contributed by atoms with van der Waals surface area (Å²) in [4.78, 5) is 0. The molecule has 1 unspecified atom stereocenters. The van der Waals surface area contributed by atoms with Crippen LogP contribution in [0.15, 0.2) is 36.4 Å². The number of benzene rings is 2. The molecule has 1 atom stereocenters.